The van der Waals surface area contributed by atoms with Crippen molar-refractivity contribution in [3.8, 4) is 28.3 Å². The second kappa shape index (κ2) is 5.66. The van der Waals surface area contributed by atoms with Gasteiger partial charge in [-0.3, -0.25) is 0 Å². The van der Waals surface area contributed by atoms with E-state index in [-0.39, 0.29) is 5.75 Å². The van der Waals surface area contributed by atoms with Gasteiger partial charge in [0.15, 0.2) is 5.65 Å². The molecule has 0 saturated heterocycles. The fourth-order valence-corrected chi connectivity index (χ4v) is 2.97. The minimum atomic E-state index is 0.280. The molecule has 4 aromatic rings. The molecule has 0 fully saturated rings. The first-order valence-electron chi connectivity index (χ1n) is 7.97. The first kappa shape index (κ1) is 15.3. The van der Waals surface area contributed by atoms with E-state index in [1.54, 1.807) is 24.7 Å². The lowest BCUT2D eigenvalue weighted by molar-refractivity contribution is 0.471. The topological polar surface area (TPSA) is 87.6 Å². The zero-order chi connectivity index (χ0) is 17.6. The third-order valence-corrected chi connectivity index (χ3v) is 4.33. The van der Waals surface area contributed by atoms with Gasteiger partial charge in [0.05, 0.1) is 11.1 Å². The van der Waals surface area contributed by atoms with Crippen molar-refractivity contribution >= 4 is 11.2 Å². The van der Waals surface area contributed by atoms with Crippen LogP contribution in [0.4, 0.5) is 0 Å². The number of rotatable bonds is 2. The second-order valence-corrected chi connectivity index (χ2v) is 6.10. The Kier molecular flexibility index (Phi) is 3.46. The Bertz CT molecular complexity index is 1080. The van der Waals surface area contributed by atoms with Crippen molar-refractivity contribution in [3.63, 3.8) is 0 Å². The van der Waals surface area contributed by atoms with Gasteiger partial charge in [0.25, 0.3) is 0 Å². The van der Waals surface area contributed by atoms with Crippen molar-refractivity contribution < 1.29 is 5.11 Å². The van der Waals surface area contributed by atoms with Crippen molar-refractivity contribution in [2.45, 2.75) is 20.8 Å². The summed E-state index contributed by atoms with van der Waals surface area (Å²) in [5.41, 5.74) is 6.13. The average molecular weight is 331 g/mol. The lowest BCUT2D eigenvalue weighted by atomic mass is 9.96. The van der Waals surface area contributed by atoms with Gasteiger partial charge in [-0.05, 0) is 49.6 Å². The third-order valence-electron chi connectivity index (χ3n) is 4.33. The van der Waals surface area contributed by atoms with Gasteiger partial charge >= 0.3 is 0 Å². The highest BCUT2D eigenvalue weighted by Crippen LogP contribution is 2.33. The number of benzene rings is 1. The predicted molar refractivity (Wildman–Crippen MR) is 96.2 cm³/mol. The smallest absolute Gasteiger partial charge is 0.178 e. The molecule has 3 aromatic heterocycles. The van der Waals surface area contributed by atoms with Crippen LogP contribution in [-0.4, -0.2) is 30.0 Å². The van der Waals surface area contributed by atoms with E-state index in [0.717, 1.165) is 39.2 Å². The average Bonchev–Trinajstić information content (AvgIpc) is 3.02. The van der Waals surface area contributed by atoms with Gasteiger partial charge in [0.2, 0.25) is 0 Å². The zero-order valence-electron chi connectivity index (χ0n) is 14.2. The Hall–Kier alpha value is -3.28. The van der Waals surface area contributed by atoms with Gasteiger partial charge in [-0.15, -0.1) is 0 Å². The van der Waals surface area contributed by atoms with E-state index in [1.807, 2.05) is 32.9 Å². The number of imidazole rings is 1. The number of pyridine rings is 1. The molecule has 1 aromatic carbocycles. The van der Waals surface area contributed by atoms with E-state index in [2.05, 4.69) is 24.9 Å². The van der Waals surface area contributed by atoms with Gasteiger partial charge < -0.3 is 10.1 Å². The number of aromatic hydroxyl groups is 1. The van der Waals surface area contributed by atoms with Crippen LogP contribution in [-0.2, 0) is 0 Å². The number of phenolic OH excluding ortho intramolecular Hbond substituents is 1. The highest BCUT2D eigenvalue weighted by molar-refractivity contribution is 5.83. The molecular weight excluding hydrogens is 314 g/mol. The molecule has 6 nitrogen and oxygen atoms in total. The maximum Gasteiger partial charge on any atom is 0.178 e. The van der Waals surface area contributed by atoms with Gasteiger partial charge in [0.1, 0.15) is 17.4 Å². The van der Waals surface area contributed by atoms with Crippen molar-refractivity contribution in [2.75, 3.05) is 0 Å². The van der Waals surface area contributed by atoms with Crippen molar-refractivity contribution in [1.82, 2.24) is 24.9 Å². The fourth-order valence-electron chi connectivity index (χ4n) is 2.97. The number of fused-ring (bicyclic) bond motifs is 1. The molecule has 6 heteroatoms. The predicted octanol–water partition coefficient (Wildman–Crippen LogP) is 3.71. The molecule has 0 saturated carbocycles. The number of H-pyrrole nitrogens is 1. The summed E-state index contributed by atoms with van der Waals surface area (Å²) in [5.74, 6) is 1.68. The highest BCUT2D eigenvalue weighted by atomic mass is 16.3. The SMILES string of the molecule is Cc1ncc(-c2nc3ncc(-c4c(C)ccc(O)c4C)cc3[nH]2)cn1. The molecule has 0 bridgehead atoms. The van der Waals surface area contributed by atoms with Gasteiger partial charge in [-0.1, -0.05) is 6.07 Å². The summed E-state index contributed by atoms with van der Waals surface area (Å²) < 4.78 is 0. The van der Waals surface area contributed by atoms with Crippen LogP contribution < -0.4 is 0 Å². The molecule has 3 heterocycles. The van der Waals surface area contributed by atoms with E-state index < -0.39 is 0 Å². The molecule has 0 aliphatic heterocycles. The summed E-state index contributed by atoms with van der Waals surface area (Å²) in [4.78, 5) is 20.7. The molecule has 0 spiro atoms. The van der Waals surface area contributed by atoms with Crippen LogP contribution in [0, 0.1) is 20.8 Å². The van der Waals surface area contributed by atoms with Gasteiger partial charge in [0, 0.05) is 24.2 Å². The second-order valence-electron chi connectivity index (χ2n) is 6.10. The maximum absolute atomic E-state index is 10.0. The summed E-state index contributed by atoms with van der Waals surface area (Å²) in [5, 5.41) is 10.0. The maximum atomic E-state index is 10.0. The summed E-state index contributed by atoms with van der Waals surface area (Å²) in [6, 6.07) is 5.62. The van der Waals surface area contributed by atoms with Crippen LogP contribution in [0.3, 0.4) is 0 Å². The summed E-state index contributed by atoms with van der Waals surface area (Å²) >= 11 is 0. The Labute approximate surface area is 144 Å². The van der Waals surface area contributed by atoms with Crippen molar-refractivity contribution in [3.05, 3.63) is 53.7 Å². The van der Waals surface area contributed by atoms with Gasteiger partial charge in [-0.25, -0.2) is 19.9 Å². The number of phenols is 1. The Morgan fingerprint density at radius 1 is 0.920 bits per heavy atom. The minimum Gasteiger partial charge on any atom is -0.508 e. The third kappa shape index (κ3) is 2.61. The molecule has 0 radical (unpaired) electrons. The number of nitrogens with zero attached hydrogens (tertiary/aromatic N) is 4. The minimum absolute atomic E-state index is 0.280. The first-order chi connectivity index (χ1) is 12.0. The lowest BCUT2D eigenvalue weighted by Crippen LogP contribution is -1.90. The largest absolute Gasteiger partial charge is 0.508 e. The normalized spacial score (nSPS) is 11.2. The lowest BCUT2D eigenvalue weighted by Gasteiger charge is -2.11. The molecule has 0 atom stereocenters. The van der Waals surface area contributed by atoms with E-state index in [4.69, 9.17) is 0 Å². The summed E-state index contributed by atoms with van der Waals surface area (Å²) in [7, 11) is 0. The van der Waals surface area contributed by atoms with Crippen LogP contribution in [0.15, 0.2) is 36.8 Å². The molecule has 25 heavy (non-hydrogen) atoms. The Morgan fingerprint density at radius 2 is 1.64 bits per heavy atom. The number of aromatic amines is 1. The summed E-state index contributed by atoms with van der Waals surface area (Å²) in [6.45, 7) is 5.77. The first-order valence-corrected chi connectivity index (χ1v) is 7.97. The Balaban J connectivity index is 1.84. The zero-order valence-corrected chi connectivity index (χ0v) is 14.2. The molecule has 0 unspecified atom stereocenters. The molecule has 2 N–H and O–H groups in total. The van der Waals surface area contributed by atoms with Crippen LogP contribution in [0.5, 0.6) is 5.75 Å². The molecular formula is C19H17N5O. The molecule has 124 valence electrons. The number of hydrogen-bond donors (Lipinski definition) is 2. The van der Waals surface area contributed by atoms with E-state index in [9.17, 15) is 5.11 Å². The van der Waals surface area contributed by atoms with Crippen LogP contribution in [0.25, 0.3) is 33.7 Å². The van der Waals surface area contributed by atoms with E-state index in [0.29, 0.717) is 11.5 Å². The van der Waals surface area contributed by atoms with E-state index in [1.165, 1.54) is 0 Å². The van der Waals surface area contributed by atoms with Crippen LogP contribution in [0.2, 0.25) is 0 Å². The van der Waals surface area contributed by atoms with Crippen molar-refractivity contribution in [2.24, 2.45) is 0 Å². The Morgan fingerprint density at radius 3 is 2.40 bits per heavy atom. The van der Waals surface area contributed by atoms with E-state index >= 15 is 0 Å². The van der Waals surface area contributed by atoms with Crippen LogP contribution in [0.1, 0.15) is 17.0 Å². The quantitative estimate of drug-likeness (QED) is 0.584. The van der Waals surface area contributed by atoms with Gasteiger partial charge in [-0.2, -0.15) is 0 Å². The molecule has 4 rings (SSSR count). The number of hydrogen-bond acceptors (Lipinski definition) is 5. The molecule has 0 amide bonds. The van der Waals surface area contributed by atoms with Crippen LogP contribution >= 0.6 is 0 Å². The fraction of sp³-hybridized carbons (Fsp3) is 0.158. The standard InChI is InChI=1S/C19H17N5O/c1-10-4-5-16(25)11(2)17(10)13-6-15-19(22-7-13)24-18(23-15)14-8-20-12(3)21-9-14/h4-9,25H,1-3H3,(H,22,23,24). The number of aryl methyl sites for hydroxylation is 2. The number of nitrogens with one attached hydrogen (secondary N) is 1. The molecule has 0 aliphatic rings. The monoisotopic (exact) mass is 331 g/mol. The summed E-state index contributed by atoms with van der Waals surface area (Å²) in [6.07, 6.45) is 5.27. The number of aromatic nitrogens is 5. The molecule has 0 aliphatic carbocycles. The van der Waals surface area contributed by atoms with Crippen molar-refractivity contribution in [1.29, 1.82) is 0 Å². The highest BCUT2D eigenvalue weighted by Gasteiger charge is 2.13.